The number of hydrogen-bond acceptors (Lipinski definition) is 3. The number of carboxylic acids is 1. The lowest BCUT2D eigenvalue weighted by Gasteiger charge is -2.21. The van der Waals surface area contributed by atoms with Crippen molar-refractivity contribution in [1.29, 1.82) is 0 Å². The first kappa shape index (κ1) is 13.6. The second kappa shape index (κ2) is 6.88. The van der Waals surface area contributed by atoms with E-state index in [-0.39, 0.29) is 6.42 Å². The van der Waals surface area contributed by atoms with Crippen LogP contribution in [0, 0.1) is 0 Å². The van der Waals surface area contributed by atoms with Crippen LogP contribution in [-0.2, 0) is 20.8 Å². The van der Waals surface area contributed by atoms with Gasteiger partial charge in [0.2, 0.25) is 11.8 Å². The van der Waals surface area contributed by atoms with Gasteiger partial charge in [0, 0.05) is 6.54 Å². The fourth-order valence-electron chi connectivity index (χ4n) is 2.39. The number of carbonyl (C=O) groups is 3. The molecule has 2 rings (SSSR count). The molecule has 0 spiro atoms. The van der Waals surface area contributed by atoms with Gasteiger partial charge in [-0.2, -0.15) is 0 Å². The number of hydrogen-bond donors (Lipinski definition) is 2. The van der Waals surface area contributed by atoms with Crippen molar-refractivity contribution in [3.8, 4) is 0 Å². The van der Waals surface area contributed by atoms with E-state index in [4.69, 9.17) is 6.52 Å². The zero-order chi connectivity index (χ0) is 16.1. The van der Waals surface area contributed by atoms with Crippen LogP contribution in [-0.4, -0.2) is 46.9 Å². The zero-order valence-electron chi connectivity index (χ0n) is 12.6. The summed E-state index contributed by atoms with van der Waals surface area (Å²) < 4.78 is 7.68. The normalized spacial score (nSPS) is 18.2. The number of aliphatic carboxylic acids is 1. The molecule has 1 aliphatic heterocycles. The van der Waals surface area contributed by atoms with Crippen LogP contribution in [0.1, 0.15) is 18.4 Å². The topological polar surface area (TPSA) is 86.7 Å². The molecule has 6 heteroatoms. The first-order valence-corrected chi connectivity index (χ1v) is 6.84. The Morgan fingerprint density at radius 3 is 2.71 bits per heavy atom. The molecule has 0 saturated carbocycles. The number of carboxylic acid groups (broad SMARTS) is 1. The number of nitrogens with zero attached hydrogens (tertiary/aromatic N) is 1. The molecular formula is C15H18N2O4. The molecule has 1 atom stereocenters. The van der Waals surface area contributed by atoms with Crippen molar-refractivity contribution in [3.63, 3.8) is 0 Å². The molecule has 1 aliphatic rings. The Hall–Kier alpha value is -2.37. The summed E-state index contributed by atoms with van der Waals surface area (Å²) in [4.78, 5) is 36.3. The largest absolute Gasteiger partial charge is 0.480 e. The molecule has 1 saturated heterocycles. The van der Waals surface area contributed by atoms with Crippen molar-refractivity contribution < 1.29 is 20.9 Å². The second-order valence-corrected chi connectivity index (χ2v) is 4.96. The summed E-state index contributed by atoms with van der Waals surface area (Å²) in [5.41, 5.74) is 0.766. The number of benzene rings is 1. The van der Waals surface area contributed by atoms with Crippen molar-refractivity contribution in [2.75, 3.05) is 13.1 Å². The Morgan fingerprint density at radius 1 is 1.33 bits per heavy atom. The van der Waals surface area contributed by atoms with Crippen LogP contribution in [0.25, 0.3) is 0 Å². The summed E-state index contributed by atoms with van der Waals surface area (Å²) in [5, 5.41) is 9.65. The summed E-state index contributed by atoms with van der Waals surface area (Å²) in [5.74, 6) is -2.04. The maximum Gasteiger partial charge on any atom is 0.326 e. The van der Waals surface area contributed by atoms with Gasteiger partial charge in [0.15, 0.2) is 1.41 Å². The van der Waals surface area contributed by atoms with Crippen molar-refractivity contribution in [1.82, 2.24) is 10.2 Å². The molecule has 112 valence electrons. The van der Waals surface area contributed by atoms with E-state index in [0.717, 1.165) is 5.56 Å². The third kappa shape index (κ3) is 4.05. The highest BCUT2D eigenvalue weighted by atomic mass is 16.4. The minimum absolute atomic E-state index is 0.0416. The van der Waals surface area contributed by atoms with Crippen molar-refractivity contribution in [2.24, 2.45) is 0 Å². The lowest BCUT2D eigenvalue weighted by atomic mass is 10.1. The molecule has 1 aromatic carbocycles. The SMILES string of the molecule is [2H]N(CC(=O)N1CCC[C@H]1C(=O)O)C(=O)Cc1ccccc1. The maximum atomic E-state index is 12.1. The molecule has 0 aliphatic carbocycles. The van der Waals surface area contributed by atoms with Crippen LogP contribution >= 0.6 is 0 Å². The van der Waals surface area contributed by atoms with Crippen LogP contribution in [0.5, 0.6) is 0 Å². The fourth-order valence-corrected chi connectivity index (χ4v) is 2.39. The van der Waals surface area contributed by atoms with E-state index in [9.17, 15) is 14.4 Å². The Bertz CT molecular complexity index is 564. The monoisotopic (exact) mass is 291 g/mol. The highest BCUT2D eigenvalue weighted by molar-refractivity contribution is 5.88. The molecule has 1 aromatic rings. The molecule has 0 unspecified atom stereocenters. The minimum Gasteiger partial charge on any atom is -0.480 e. The van der Waals surface area contributed by atoms with Gasteiger partial charge in [-0.1, -0.05) is 30.3 Å². The van der Waals surface area contributed by atoms with Crippen molar-refractivity contribution in [2.45, 2.75) is 25.3 Å². The molecule has 6 nitrogen and oxygen atoms in total. The molecule has 0 radical (unpaired) electrons. The van der Waals surface area contributed by atoms with Crippen LogP contribution < -0.4 is 5.31 Å². The van der Waals surface area contributed by atoms with Gasteiger partial charge in [-0.15, -0.1) is 0 Å². The molecule has 2 amide bonds. The van der Waals surface area contributed by atoms with E-state index in [2.05, 4.69) is 0 Å². The predicted molar refractivity (Wildman–Crippen MR) is 75.5 cm³/mol. The quantitative estimate of drug-likeness (QED) is 0.823. The summed E-state index contributed by atoms with van der Waals surface area (Å²) in [7, 11) is 0. The maximum absolute atomic E-state index is 12.1. The standard InChI is InChI=1S/C15H18N2O4/c18-13(9-11-5-2-1-3-6-11)16-10-14(19)17-8-4-7-12(17)15(20)21/h1-3,5-6,12H,4,7-10H2,(H,16,18)(H,20,21)/t12-/m0/s1/i/hD. The molecule has 21 heavy (non-hydrogen) atoms. The summed E-state index contributed by atoms with van der Waals surface area (Å²) in [6.07, 6.45) is 1.08. The van der Waals surface area contributed by atoms with Crippen LogP contribution in [0.15, 0.2) is 30.3 Å². The van der Waals surface area contributed by atoms with E-state index in [1.807, 2.05) is 6.07 Å². The molecule has 0 aromatic heterocycles. The first-order valence-electron chi connectivity index (χ1n) is 7.29. The summed E-state index contributed by atoms with van der Waals surface area (Å²) >= 11 is 0. The first-order chi connectivity index (χ1) is 10.5. The Labute approximate surface area is 124 Å². The van der Waals surface area contributed by atoms with Gasteiger partial charge >= 0.3 is 5.97 Å². The number of likely N-dealkylation sites (tertiary alicyclic amines) is 1. The molecule has 0 bridgehead atoms. The zero-order valence-corrected chi connectivity index (χ0v) is 11.6. The molecule has 2 N–H and O–H groups in total. The van der Waals surface area contributed by atoms with E-state index in [1.165, 1.54) is 4.90 Å². The van der Waals surface area contributed by atoms with Gasteiger partial charge in [0.25, 0.3) is 0 Å². The number of carbonyl (C=O) groups excluding carboxylic acids is 2. The smallest absolute Gasteiger partial charge is 0.326 e. The molecule has 1 heterocycles. The van der Waals surface area contributed by atoms with E-state index < -0.39 is 30.4 Å². The van der Waals surface area contributed by atoms with E-state index >= 15 is 0 Å². The number of nitrogens with one attached hydrogen (secondary N) is 1. The average Bonchev–Trinajstić information content (AvgIpc) is 2.98. The third-order valence-electron chi connectivity index (χ3n) is 3.45. The average molecular weight is 291 g/mol. The number of amides is 2. The van der Waals surface area contributed by atoms with Gasteiger partial charge in [-0.25, -0.2) is 4.79 Å². The Balaban J connectivity index is 1.90. The predicted octanol–water partition coefficient (Wildman–Crippen LogP) is 0.421. The van der Waals surface area contributed by atoms with Gasteiger partial charge in [0.05, 0.1) is 13.0 Å². The van der Waals surface area contributed by atoms with Gasteiger partial charge in [0.1, 0.15) is 6.04 Å². The molecular weight excluding hydrogens is 272 g/mol. The van der Waals surface area contributed by atoms with Crippen LogP contribution in [0.2, 0.25) is 1.41 Å². The Morgan fingerprint density at radius 2 is 2.05 bits per heavy atom. The van der Waals surface area contributed by atoms with Crippen molar-refractivity contribution >= 4 is 17.8 Å². The molecule has 1 fully saturated rings. The van der Waals surface area contributed by atoms with Crippen molar-refractivity contribution in [3.05, 3.63) is 35.9 Å². The Kier molecular flexibility index (Phi) is 4.45. The highest BCUT2D eigenvalue weighted by Gasteiger charge is 2.33. The van der Waals surface area contributed by atoms with Gasteiger partial charge in [-0.3, -0.25) is 9.59 Å². The fraction of sp³-hybridized carbons (Fsp3) is 0.400. The highest BCUT2D eigenvalue weighted by Crippen LogP contribution is 2.17. The number of rotatable bonds is 5. The lowest BCUT2D eigenvalue weighted by Crippen LogP contribution is -2.45. The summed E-state index contributed by atoms with van der Waals surface area (Å²) in [6, 6.07) is 8.12. The summed E-state index contributed by atoms with van der Waals surface area (Å²) in [6.45, 7) is -0.0635. The minimum atomic E-state index is -1.04. The van der Waals surface area contributed by atoms with E-state index in [1.54, 1.807) is 24.3 Å². The van der Waals surface area contributed by atoms with Crippen LogP contribution in [0.4, 0.5) is 0 Å². The third-order valence-corrected chi connectivity index (χ3v) is 3.45. The van der Waals surface area contributed by atoms with Crippen LogP contribution in [0.3, 0.4) is 0 Å². The van der Waals surface area contributed by atoms with E-state index in [0.29, 0.717) is 24.7 Å². The lowest BCUT2D eigenvalue weighted by molar-refractivity contribution is -0.148. The van der Waals surface area contributed by atoms with Gasteiger partial charge in [-0.05, 0) is 18.4 Å². The van der Waals surface area contributed by atoms with Gasteiger partial charge < -0.3 is 15.3 Å². The second-order valence-electron chi connectivity index (χ2n) is 4.96.